The van der Waals surface area contributed by atoms with Gasteiger partial charge >= 0.3 is 5.09 Å². The van der Waals surface area contributed by atoms with Crippen LogP contribution in [0.4, 0.5) is 0 Å². The fourth-order valence-corrected chi connectivity index (χ4v) is 0.213. The lowest BCUT2D eigenvalue weighted by Gasteiger charge is -1.92. The fraction of sp³-hybridized carbons (Fsp3) is 1.00. The van der Waals surface area contributed by atoms with E-state index in [4.69, 9.17) is 5.21 Å². The second-order valence-corrected chi connectivity index (χ2v) is 1.93. The number of rotatable bonds is 3. The summed E-state index contributed by atoms with van der Waals surface area (Å²) in [4.78, 5) is 13.7. The highest BCUT2D eigenvalue weighted by Crippen LogP contribution is 1.90. The molecule has 0 unspecified atom stereocenters. The molecule has 4 heteroatoms. The van der Waals surface area contributed by atoms with Gasteiger partial charge in [0, 0.05) is 0 Å². The molecule has 8 heavy (non-hydrogen) atoms. The summed E-state index contributed by atoms with van der Waals surface area (Å²) in [5, 5.41) is 7.33. The number of nitrogens with zero attached hydrogens (tertiary/aromatic N) is 1. The zero-order chi connectivity index (χ0) is 6.57. The van der Waals surface area contributed by atoms with Gasteiger partial charge in [-0.15, -0.1) is 0 Å². The molecule has 0 bridgehead atoms. The summed E-state index contributed by atoms with van der Waals surface area (Å²) < 4.78 is 0. The van der Waals surface area contributed by atoms with E-state index in [9.17, 15) is 4.91 Å². The largest absolute Gasteiger partial charge is 0.475 e. The van der Waals surface area contributed by atoms with Crippen molar-refractivity contribution in [2.75, 3.05) is 6.61 Å². The predicted molar refractivity (Wildman–Crippen MR) is 26.2 cm³/mol. The molecule has 0 aliphatic rings. The average Bonchev–Trinajstić information content (AvgIpc) is 1.61. The Morgan fingerprint density at radius 1 is 1.75 bits per heavy atom. The van der Waals surface area contributed by atoms with Gasteiger partial charge < -0.3 is 0 Å². The van der Waals surface area contributed by atoms with E-state index in [-0.39, 0.29) is 12.5 Å². The van der Waals surface area contributed by atoms with Crippen molar-refractivity contribution in [3.63, 3.8) is 0 Å². The van der Waals surface area contributed by atoms with E-state index in [0.717, 1.165) is 0 Å². The van der Waals surface area contributed by atoms with Gasteiger partial charge in [-0.3, -0.25) is 0 Å². The van der Waals surface area contributed by atoms with Crippen molar-refractivity contribution in [1.29, 1.82) is 0 Å². The van der Waals surface area contributed by atoms with Crippen LogP contribution in [-0.4, -0.2) is 16.9 Å². The Labute approximate surface area is 47.6 Å². The second-order valence-electron chi connectivity index (χ2n) is 1.93. The first-order valence-electron chi connectivity index (χ1n) is 2.42. The molecule has 0 saturated heterocycles. The van der Waals surface area contributed by atoms with E-state index < -0.39 is 5.09 Å². The summed E-state index contributed by atoms with van der Waals surface area (Å²) in [5.74, 6) is 0.263. The van der Waals surface area contributed by atoms with Gasteiger partial charge in [-0.2, -0.15) is 4.84 Å². The third-order valence-electron chi connectivity index (χ3n) is 0.518. The summed E-state index contributed by atoms with van der Waals surface area (Å²) in [7, 11) is 0. The molecule has 0 aliphatic heterocycles. The smallest absolute Gasteiger partial charge is 0.200 e. The molecule has 0 fully saturated rings. The van der Waals surface area contributed by atoms with Crippen LogP contribution in [0.3, 0.4) is 0 Å². The van der Waals surface area contributed by atoms with Gasteiger partial charge in [-0.25, -0.2) is 5.21 Å². The lowest BCUT2D eigenvalue weighted by Crippen LogP contribution is -2.08. The Morgan fingerprint density at radius 2 is 2.25 bits per heavy atom. The van der Waals surface area contributed by atoms with Crippen molar-refractivity contribution in [2.45, 2.75) is 13.8 Å². The normalized spacial score (nSPS) is 9.38. The van der Waals surface area contributed by atoms with Gasteiger partial charge in [0.15, 0.2) is 6.61 Å². The Bertz CT molecular complexity index is 81.4. The van der Waals surface area contributed by atoms with Crippen molar-refractivity contribution in [2.24, 2.45) is 5.92 Å². The van der Waals surface area contributed by atoms with E-state index >= 15 is 0 Å². The summed E-state index contributed by atoms with van der Waals surface area (Å²) in [6.07, 6.45) is 0. The molecular formula is C4H10NO3+. The van der Waals surface area contributed by atoms with Crippen molar-refractivity contribution < 1.29 is 15.1 Å². The molecule has 0 amide bonds. The third kappa shape index (κ3) is 5.20. The Hall–Kier alpha value is -0.800. The summed E-state index contributed by atoms with van der Waals surface area (Å²) in [6, 6.07) is 0. The maximum atomic E-state index is 9.60. The molecule has 0 aromatic heterocycles. The first kappa shape index (κ1) is 7.20. The van der Waals surface area contributed by atoms with Gasteiger partial charge in [-0.05, 0) is 5.92 Å². The van der Waals surface area contributed by atoms with Gasteiger partial charge in [-0.1, -0.05) is 13.8 Å². The first-order valence-corrected chi connectivity index (χ1v) is 2.42. The van der Waals surface area contributed by atoms with E-state index in [1.54, 1.807) is 0 Å². The monoisotopic (exact) mass is 120 g/mol. The van der Waals surface area contributed by atoms with Gasteiger partial charge in [0.05, 0.1) is 0 Å². The minimum Gasteiger partial charge on any atom is -0.200 e. The van der Waals surface area contributed by atoms with E-state index in [2.05, 4.69) is 4.84 Å². The zero-order valence-electron chi connectivity index (χ0n) is 5.00. The molecule has 0 aromatic rings. The molecule has 0 rings (SSSR count). The Kier molecular flexibility index (Phi) is 2.91. The van der Waals surface area contributed by atoms with E-state index in [1.165, 1.54) is 0 Å². The predicted octanol–water partition coefficient (Wildman–Crippen LogP) is 0.742. The SMILES string of the molecule is CC(C)CO[N+](=O)O. The van der Waals surface area contributed by atoms with Crippen molar-refractivity contribution >= 4 is 0 Å². The van der Waals surface area contributed by atoms with E-state index in [0.29, 0.717) is 0 Å². The number of hydrogen-bond donors (Lipinski definition) is 1. The lowest BCUT2D eigenvalue weighted by molar-refractivity contribution is -0.976. The minimum atomic E-state index is -0.528. The molecule has 0 saturated carbocycles. The van der Waals surface area contributed by atoms with Crippen LogP contribution in [0.15, 0.2) is 0 Å². The first-order chi connectivity index (χ1) is 3.63. The van der Waals surface area contributed by atoms with E-state index in [1.807, 2.05) is 13.8 Å². The van der Waals surface area contributed by atoms with Gasteiger partial charge in [0.25, 0.3) is 0 Å². The summed E-state index contributed by atoms with van der Waals surface area (Å²) in [6.45, 7) is 4.01. The van der Waals surface area contributed by atoms with Crippen LogP contribution in [0, 0.1) is 10.8 Å². The molecule has 0 heterocycles. The molecule has 4 nitrogen and oxygen atoms in total. The maximum absolute atomic E-state index is 9.60. The quantitative estimate of drug-likeness (QED) is 0.559. The van der Waals surface area contributed by atoms with Crippen LogP contribution >= 0.6 is 0 Å². The van der Waals surface area contributed by atoms with Crippen LogP contribution < -0.4 is 0 Å². The fourth-order valence-electron chi connectivity index (χ4n) is 0.213. The molecular weight excluding hydrogens is 110 g/mol. The summed E-state index contributed by atoms with van der Waals surface area (Å²) in [5.41, 5.74) is 0. The highest BCUT2D eigenvalue weighted by Gasteiger charge is 2.04. The van der Waals surface area contributed by atoms with Crippen LogP contribution in [-0.2, 0) is 4.84 Å². The van der Waals surface area contributed by atoms with Crippen LogP contribution in [0.5, 0.6) is 0 Å². The van der Waals surface area contributed by atoms with Crippen LogP contribution in [0.1, 0.15) is 13.8 Å². The summed E-state index contributed by atoms with van der Waals surface area (Å²) >= 11 is 0. The molecule has 0 atom stereocenters. The lowest BCUT2D eigenvalue weighted by atomic mass is 10.2. The van der Waals surface area contributed by atoms with Crippen molar-refractivity contribution in [3.8, 4) is 0 Å². The van der Waals surface area contributed by atoms with Crippen molar-refractivity contribution in [1.82, 2.24) is 0 Å². The van der Waals surface area contributed by atoms with Gasteiger partial charge in [0.2, 0.25) is 0 Å². The zero-order valence-corrected chi connectivity index (χ0v) is 5.00. The molecule has 0 aliphatic carbocycles. The van der Waals surface area contributed by atoms with Gasteiger partial charge in [0.1, 0.15) is 4.91 Å². The standard InChI is InChI=1S/C4H10NO3/c1-4(2)3-8-5(6)7/h4H,3H2,1-2H3,(H,6,7)/q+1. The number of hydrogen-bond acceptors (Lipinski definition) is 2. The minimum absolute atomic E-state index is 0.250. The molecule has 0 radical (unpaired) electrons. The Morgan fingerprint density at radius 3 is 2.38 bits per heavy atom. The van der Waals surface area contributed by atoms with Crippen LogP contribution in [0.25, 0.3) is 0 Å². The van der Waals surface area contributed by atoms with Crippen molar-refractivity contribution in [3.05, 3.63) is 4.91 Å². The molecule has 0 spiro atoms. The topological polar surface area (TPSA) is 49.5 Å². The molecule has 48 valence electrons. The third-order valence-corrected chi connectivity index (χ3v) is 0.518. The maximum Gasteiger partial charge on any atom is 0.475 e. The second kappa shape index (κ2) is 3.23. The molecule has 1 N–H and O–H groups in total. The highest BCUT2D eigenvalue weighted by atomic mass is 16.9. The highest BCUT2D eigenvalue weighted by molar-refractivity contribution is 4.33. The molecule has 0 aromatic carbocycles. The van der Waals surface area contributed by atoms with Crippen LogP contribution in [0.2, 0.25) is 0 Å². The Balaban J connectivity index is 3.05. The average molecular weight is 120 g/mol.